The summed E-state index contributed by atoms with van der Waals surface area (Å²) in [5, 5.41) is 8.00. The van der Waals surface area contributed by atoms with E-state index < -0.39 is 17.6 Å². The van der Waals surface area contributed by atoms with Crippen molar-refractivity contribution in [1.82, 2.24) is 0 Å². The normalized spacial score (nSPS) is 11.0. The number of para-hydroxylation sites is 1. The maximum Gasteiger partial charge on any atom is 0.418 e. The Morgan fingerprint density at radius 2 is 1.39 bits per heavy atom. The third kappa shape index (κ3) is 5.63. The van der Waals surface area contributed by atoms with Crippen LogP contribution in [0.25, 0.3) is 0 Å². The summed E-state index contributed by atoms with van der Waals surface area (Å²) in [5.41, 5.74) is 1.11. The fraction of sp³-hybridized carbons (Fsp3) is 0.130. The molecule has 0 bridgehead atoms. The first kappa shape index (κ1) is 21.9. The lowest BCUT2D eigenvalue weighted by Gasteiger charge is -2.16. The number of carbonyl (C=O) groups is 2. The van der Waals surface area contributed by atoms with Gasteiger partial charge in [0.05, 0.1) is 17.8 Å². The zero-order valence-corrected chi connectivity index (χ0v) is 16.6. The molecule has 3 N–H and O–H groups in total. The van der Waals surface area contributed by atoms with Crippen LogP contribution in [0.4, 0.5) is 30.2 Å². The van der Waals surface area contributed by atoms with E-state index in [1.807, 2.05) is 6.07 Å². The lowest BCUT2D eigenvalue weighted by Crippen LogP contribution is -2.24. The van der Waals surface area contributed by atoms with Crippen LogP contribution in [0.5, 0.6) is 0 Å². The molecule has 0 radical (unpaired) electrons. The topological polar surface area (TPSA) is 70.2 Å². The smallest absolute Gasteiger partial charge is 0.376 e. The first-order valence-corrected chi connectivity index (χ1v) is 9.41. The summed E-state index contributed by atoms with van der Waals surface area (Å²) in [6.45, 7) is 1.52. The van der Waals surface area contributed by atoms with Gasteiger partial charge in [-0.05, 0) is 48.9 Å². The summed E-state index contributed by atoms with van der Waals surface area (Å²) in [6.07, 6.45) is -4.57. The highest BCUT2D eigenvalue weighted by molar-refractivity contribution is 6.05. The standard InChI is InChI=1S/C23H20F3N3O2/c1-15-18(12-7-13-19(15)29-22(31)16-8-3-2-4-9-16)27-14-21(30)28-20-11-6-5-10-17(20)23(24,25)26/h2-13,27H,14H2,1H3,(H,28,30)(H,29,31). The van der Waals surface area contributed by atoms with Crippen molar-refractivity contribution in [3.8, 4) is 0 Å². The highest BCUT2D eigenvalue weighted by Crippen LogP contribution is 2.34. The van der Waals surface area contributed by atoms with Crippen LogP contribution in [-0.2, 0) is 11.0 Å². The average Bonchev–Trinajstić information content (AvgIpc) is 2.74. The minimum absolute atomic E-state index is 0.247. The van der Waals surface area contributed by atoms with Crippen LogP contribution >= 0.6 is 0 Å². The lowest BCUT2D eigenvalue weighted by molar-refractivity contribution is -0.137. The van der Waals surface area contributed by atoms with E-state index in [0.29, 0.717) is 22.5 Å². The quantitative estimate of drug-likeness (QED) is 0.499. The summed E-state index contributed by atoms with van der Waals surface area (Å²) in [5.74, 6) is -0.905. The van der Waals surface area contributed by atoms with Crippen molar-refractivity contribution in [2.24, 2.45) is 0 Å². The first-order chi connectivity index (χ1) is 14.8. The van der Waals surface area contributed by atoms with Gasteiger partial charge in [-0.25, -0.2) is 0 Å². The third-order valence-corrected chi connectivity index (χ3v) is 4.56. The van der Waals surface area contributed by atoms with Crippen LogP contribution < -0.4 is 16.0 Å². The Hall–Kier alpha value is -3.81. The van der Waals surface area contributed by atoms with Gasteiger partial charge in [-0.1, -0.05) is 36.4 Å². The Bertz CT molecular complexity index is 1080. The Balaban J connectivity index is 1.66. The monoisotopic (exact) mass is 427 g/mol. The number of alkyl halides is 3. The molecule has 0 aliphatic carbocycles. The molecule has 0 saturated carbocycles. The number of hydrogen-bond donors (Lipinski definition) is 3. The molecule has 0 aromatic heterocycles. The Kier molecular flexibility index (Phi) is 6.59. The third-order valence-electron chi connectivity index (χ3n) is 4.56. The largest absolute Gasteiger partial charge is 0.418 e. The SMILES string of the molecule is Cc1c(NCC(=O)Nc2ccccc2C(F)(F)F)cccc1NC(=O)c1ccccc1. The summed E-state index contributed by atoms with van der Waals surface area (Å²) in [6, 6.07) is 18.6. The van der Waals surface area contributed by atoms with Gasteiger partial charge in [0.2, 0.25) is 5.91 Å². The predicted octanol–water partition coefficient (Wildman–Crippen LogP) is 5.32. The van der Waals surface area contributed by atoms with E-state index >= 15 is 0 Å². The van der Waals surface area contributed by atoms with Crippen LogP contribution in [0.1, 0.15) is 21.5 Å². The van der Waals surface area contributed by atoms with E-state index in [0.717, 1.165) is 6.07 Å². The van der Waals surface area contributed by atoms with Crippen LogP contribution in [0.15, 0.2) is 72.8 Å². The fourth-order valence-electron chi connectivity index (χ4n) is 2.96. The van der Waals surface area contributed by atoms with Crippen molar-refractivity contribution in [2.45, 2.75) is 13.1 Å². The molecule has 5 nitrogen and oxygen atoms in total. The molecule has 0 aliphatic heterocycles. The second-order valence-electron chi connectivity index (χ2n) is 6.74. The van der Waals surface area contributed by atoms with Crippen molar-refractivity contribution in [3.05, 3.63) is 89.5 Å². The Morgan fingerprint density at radius 1 is 0.774 bits per heavy atom. The highest BCUT2D eigenvalue weighted by Gasteiger charge is 2.33. The van der Waals surface area contributed by atoms with E-state index in [9.17, 15) is 22.8 Å². The molecule has 3 aromatic rings. The summed E-state index contributed by atoms with van der Waals surface area (Å²) in [4.78, 5) is 24.6. The van der Waals surface area contributed by atoms with Crippen molar-refractivity contribution >= 4 is 28.9 Å². The zero-order valence-electron chi connectivity index (χ0n) is 16.6. The number of rotatable bonds is 6. The van der Waals surface area contributed by atoms with E-state index in [1.54, 1.807) is 49.4 Å². The van der Waals surface area contributed by atoms with E-state index in [4.69, 9.17) is 0 Å². The molecule has 0 heterocycles. The van der Waals surface area contributed by atoms with Crippen LogP contribution in [0, 0.1) is 6.92 Å². The fourth-order valence-corrected chi connectivity index (χ4v) is 2.96. The Labute approximate surface area is 177 Å². The number of halogens is 3. The van der Waals surface area contributed by atoms with Crippen molar-refractivity contribution in [3.63, 3.8) is 0 Å². The van der Waals surface area contributed by atoms with Gasteiger partial charge in [0.15, 0.2) is 0 Å². The molecule has 0 aliphatic rings. The molecule has 0 spiro atoms. The first-order valence-electron chi connectivity index (χ1n) is 9.41. The molecule has 0 saturated heterocycles. The molecule has 3 aromatic carbocycles. The molecule has 0 atom stereocenters. The predicted molar refractivity (Wildman–Crippen MR) is 114 cm³/mol. The van der Waals surface area contributed by atoms with E-state index in [1.165, 1.54) is 18.2 Å². The Morgan fingerprint density at radius 3 is 2.10 bits per heavy atom. The molecular formula is C23H20F3N3O2. The lowest BCUT2D eigenvalue weighted by atomic mass is 10.1. The van der Waals surface area contributed by atoms with Gasteiger partial charge in [-0.2, -0.15) is 13.2 Å². The number of anilines is 3. The second kappa shape index (κ2) is 9.34. The number of carbonyl (C=O) groups excluding carboxylic acids is 2. The number of nitrogens with one attached hydrogen (secondary N) is 3. The van der Waals surface area contributed by atoms with Gasteiger partial charge in [0.25, 0.3) is 5.91 Å². The van der Waals surface area contributed by atoms with Crippen LogP contribution in [-0.4, -0.2) is 18.4 Å². The zero-order chi connectivity index (χ0) is 22.4. The highest BCUT2D eigenvalue weighted by atomic mass is 19.4. The maximum atomic E-state index is 13.1. The average molecular weight is 427 g/mol. The van der Waals surface area contributed by atoms with Crippen LogP contribution in [0.2, 0.25) is 0 Å². The number of hydrogen-bond acceptors (Lipinski definition) is 3. The number of benzene rings is 3. The van der Waals surface area contributed by atoms with Gasteiger partial charge in [0.1, 0.15) is 0 Å². The molecule has 160 valence electrons. The second-order valence-corrected chi connectivity index (χ2v) is 6.74. The molecular weight excluding hydrogens is 407 g/mol. The van der Waals surface area contributed by atoms with Gasteiger partial charge in [-0.3, -0.25) is 9.59 Å². The van der Waals surface area contributed by atoms with Gasteiger partial charge < -0.3 is 16.0 Å². The van der Waals surface area contributed by atoms with E-state index in [-0.39, 0.29) is 18.1 Å². The van der Waals surface area contributed by atoms with Crippen molar-refractivity contribution < 1.29 is 22.8 Å². The molecule has 8 heteroatoms. The summed E-state index contributed by atoms with van der Waals surface area (Å²) in [7, 11) is 0. The molecule has 0 unspecified atom stereocenters. The molecule has 31 heavy (non-hydrogen) atoms. The molecule has 2 amide bonds. The number of amides is 2. The minimum Gasteiger partial charge on any atom is -0.376 e. The van der Waals surface area contributed by atoms with Gasteiger partial charge in [-0.15, -0.1) is 0 Å². The summed E-state index contributed by atoms with van der Waals surface area (Å²) >= 11 is 0. The minimum atomic E-state index is -4.57. The van der Waals surface area contributed by atoms with Gasteiger partial charge in [0, 0.05) is 16.9 Å². The molecule has 0 fully saturated rings. The van der Waals surface area contributed by atoms with Crippen molar-refractivity contribution in [1.29, 1.82) is 0 Å². The maximum absolute atomic E-state index is 13.1. The van der Waals surface area contributed by atoms with Gasteiger partial charge >= 0.3 is 6.18 Å². The van der Waals surface area contributed by atoms with Crippen molar-refractivity contribution in [2.75, 3.05) is 22.5 Å². The molecule has 3 rings (SSSR count). The van der Waals surface area contributed by atoms with E-state index in [2.05, 4.69) is 16.0 Å². The summed E-state index contributed by atoms with van der Waals surface area (Å²) < 4.78 is 39.2. The van der Waals surface area contributed by atoms with Crippen LogP contribution in [0.3, 0.4) is 0 Å².